The lowest BCUT2D eigenvalue weighted by Gasteiger charge is -2.23. The summed E-state index contributed by atoms with van der Waals surface area (Å²) in [4.78, 5) is 29.0. The molecule has 3 aromatic rings. The Kier molecular flexibility index (Phi) is 5.86. The largest absolute Gasteiger partial charge is 0.319 e. The van der Waals surface area contributed by atoms with E-state index in [1.165, 1.54) is 10.4 Å². The number of anilines is 1. The molecule has 0 fully saturated rings. The van der Waals surface area contributed by atoms with E-state index in [1.807, 2.05) is 63.2 Å². The third-order valence-corrected chi connectivity index (χ3v) is 6.21. The van der Waals surface area contributed by atoms with E-state index in [2.05, 4.69) is 23.7 Å². The molecule has 0 aliphatic rings. The molecule has 3 rings (SSSR count). The fourth-order valence-electron chi connectivity index (χ4n) is 3.07. The van der Waals surface area contributed by atoms with E-state index in [0.717, 1.165) is 5.69 Å². The number of rotatable bonds is 6. The SMILES string of the molecule is Cc1ccsc1CN(C)C(C)C(=O)Nc1c(C)n(C)n(-c2ccccc2)c1=O. The zero-order chi connectivity index (χ0) is 20.4. The lowest BCUT2D eigenvalue weighted by Crippen LogP contribution is -2.40. The number of carbonyl (C=O) groups is 1. The first-order valence-electron chi connectivity index (χ1n) is 9.19. The Morgan fingerprint density at radius 1 is 1.21 bits per heavy atom. The molecule has 2 heterocycles. The second kappa shape index (κ2) is 8.16. The fourth-order valence-corrected chi connectivity index (χ4v) is 4.04. The average Bonchev–Trinajstić information content (AvgIpc) is 3.17. The summed E-state index contributed by atoms with van der Waals surface area (Å²) in [6, 6.07) is 11.1. The van der Waals surface area contributed by atoms with Gasteiger partial charge in [-0.15, -0.1) is 11.3 Å². The van der Waals surface area contributed by atoms with Crippen LogP contribution in [0, 0.1) is 13.8 Å². The molecule has 0 saturated heterocycles. The molecular weight excluding hydrogens is 372 g/mol. The first-order chi connectivity index (χ1) is 13.3. The van der Waals surface area contributed by atoms with E-state index in [0.29, 0.717) is 17.9 Å². The van der Waals surface area contributed by atoms with E-state index in [9.17, 15) is 9.59 Å². The number of hydrogen-bond acceptors (Lipinski definition) is 4. The Morgan fingerprint density at radius 2 is 1.89 bits per heavy atom. The molecule has 1 N–H and O–H groups in total. The second-order valence-corrected chi connectivity index (χ2v) is 8.04. The molecule has 1 atom stereocenters. The normalized spacial score (nSPS) is 12.4. The van der Waals surface area contributed by atoms with Gasteiger partial charge in [-0.3, -0.25) is 19.2 Å². The van der Waals surface area contributed by atoms with Crippen molar-refractivity contribution in [3.63, 3.8) is 0 Å². The van der Waals surface area contributed by atoms with Gasteiger partial charge >= 0.3 is 0 Å². The van der Waals surface area contributed by atoms with Crippen LogP contribution in [0.2, 0.25) is 0 Å². The van der Waals surface area contributed by atoms with Crippen molar-refractivity contribution in [2.45, 2.75) is 33.4 Å². The standard InChI is InChI=1S/C21H26N4O2S/c1-14-11-12-28-18(14)13-23(4)16(3)20(26)22-19-15(2)24(5)25(21(19)27)17-9-7-6-8-10-17/h6-12,16H,13H2,1-5H3,(H,22,26). The van der Waals surface area contributed by atoms with Crippen molar-refractivity contribution in [1.82, 2.24) is 14.3 Å². The number of nitrogens with zero attached hydrogens (tertiary/aromatic N) is 3. The number of para-hydroxylation sites is 1. The molecule has 2 aromatic heterocycles. The molecular formula is C21H26N4O2S. The molecule has 6 nitrogen and oxygen atoms in total. The number of benzene rings is 1. The summed E-state index contributed by atoms with van der Waals surface area (Å²) < 4.78 is 3.32. The summed E-state index contributed by atoms with van der Waals surface area (Å²) in [5, 5.41) is 4.91. The Hall–Kier alpha value is -2.64. The number of amides is 1. The van der Waals surface area contributed by atoms with Gasteiger partial charge in [0.2, 0.25) is 5.91 Å². The summed E-state index contributed by atoms with van der Waals surface area (Å²) >= 11 is 1.69. The lowest BCUT2D eigenvalue weighted by atomic mass is 10.2. The highest BCUT2D eigenvalue weighted by atomic mass is 32.1. The zero-order valence-electron chi connectivity index (χ0n) is 16.9. The highest BCUT2D eigenvalue weighted by Gasteiger charge is 2.23. The highest BCUT2D eigenvalue weighted by Crippen LogP contribution is 2.19. The number of likely N-dealkylation sites (N-methyl/N-ethyl adjacent to an activating group) is 1. The molecule has 0 radical (unpaired) electrons. The number of aryl methyl sites for hydroxylation is 1. The number of hydrogen-bond donors (Lipinski definition) is 1. The number of nitrogens with one attached hydrogen (secondary N) is 1. The molecule has 0 saturated carbocycles. The van der Waals surface area contributed by atoms with Gasteiger partial charge in [-0.25, -0.2) is 4.68 Å². The molecule has 28 heavy (non-hydrogen) atoms. The van der Waals surface area contributed by atoms with Crippen LogP contribution in [0.3, 0.4) is 0 Å². The van der Waals surface area contributed by atoms with Crippen LogP contribution in [0.15, 0.2) is 46.6 Å². The van der Waals surface area contributed by atoms with Crippen LogP contribution in [0.4, 0.5) is 5.69 Å². The van der Waals surface area contributed by atoms with Crippen LogP contribution in [-0.2, 0) is 18.4 Å². The molecule has 0 aliphatic heterocycles. The number of carbonyl (C=O) groups excluding carboxylic acids is 1. The molecule has 0 spiro atoms. The van der Waals surface area contributed by atoms with Gasteiger partial charge in [-0.2, -0.15) is 0 Å². The molecule has 148 valence electrons. The Bertz CT molecular complexity index is 1030. The number of thiophene rings is 1. The summed E-state index contributed by atoms with van der Waals surface area (Å²) in [6.07, 6.45) is 0. The van der Waals surface area contributed by atoms with Gasteiger partial charge < -0.3 is 5.32 Å². The van der Waals surface area contributed by atoms with E-state index in [4.69, 9.17) is 0 Å². The predicted molar refractivity (Wildman–Crippen MR) is 114 cm³/mol. The van der Waals surface area contributed by atoms with Crippen LogP contribution >= 0.6 is 11.3 Å². The lowest BCUT2D eigenvalue weighted by molar-refractivity contribution is -0.120. The first-order valence-corrected chi connectivity index (χ1v) is 10.1. The predicted octanol–water partition coefficient (Wildman–Crippen LogP) is 3.31. The van der Waals surface area contributed by atoms with E-state index in [1.54, 1.807) is 20.7 Å². The van der Waals surface area contributed by atoms with Gasteiger partial charge in [-0.05, 0) is 57.0 Å². The summed E-state index contributed by atoms with van der Waals surface area (Å²) in [5.74, 6) is -0.192. The van der Waals surface area contributed by atoms with Crippen LogP contribution in [-0.4, -0.2) is 33.3 Å². The van der Waals surface area contributed by atoms with Crippen molar-refractivity contribution >= 4 is 22.9 Å². The van der Waals surface area contributed by atoms with Crippen LogP contribution in [0.1, 0.15) is 23.1 Å². The highest BCUT2D eigenvalue weighted by molar-refractivity contribution is 7.10. The maximum absolute atomic E-state index is 13.0. The monoisotopic (exact) mass is 398 g/mol. The minimum atomic E-state index is -0.370. The van der Waals surface area contributed by atoms with Crippen molar-refractivity contribution in [1.29, 1.82) is 0 Å². The van der Waals surface area contributed by atoms with Crippen molar-refractivity contribution in [3.8, 4) is 5.69 Å². The van der Waals surface area contributed by atoms with Gasteiger partial charge in [0.1, 0.15) is 5.69 Å². The quantitative estimate of drug-likeness (QED) is 0.693. The first kappa shape index (κ1) is 20.1. The average molecular weight is 399 g/mol. The van der Waals surface area contributed by atoms with Crippen LogP contribution < -0.4 is 10.9 Å². The van der Waals surface area contributed by atoms with Crippen LogP contribution in [0.25, 0.3) is 5.69 Å². The van der Waals surface area contributed by atoms with Crippen LogP contribution in [0.5, 0.6) is 0 Å². The van der Waals surface area contributed by atoms with E-state index >= 15 is 0 Å². The van der Waals surface area contributed by atoms with Gasteiger partial charge in [0.25, 0.3) is 5.56 Å². The molecule has 7 heteroatoms. The molecule has 1 aromatic carbocycles. The fraction of sp³-hybridized carbons (Fsp3) is 0.333. The Morgan fingerprint density at radius 3 is 2.50 bits per heavy atom. The van der Waals surface area contributed by atoms with Gasteiger partial charge in [0, 0.05) is 18.5 Å². The molecule has 0 aliphatic carbocycles. The zero-order valence-corrected chi connectivity index (χ0v) is 17.7. The van der Waals surface area contributed by atoms with Gasteiger partial charge in [0.05, 0.1) is 17.4 Å². The van der Waals surface area contributed by atoms with Gasteiger partial charge in [0.15, 0.2) is 0 Å². The van der Waals surface area contributed by atoms with Gasteiger partial charge in [-0.1, -0.05) is 18.2 Å². The minimum Gasteiger partial charge on any atom is -0.319 e. The summed E-state index contributed by atoms with van der Waals surface area (Å²) in [6.45, 7) is 6.45. The third-order valence-electron chi connectivity index (χ3n) is 5.20. The smallest absolute Gasteiger partial charge is 0.295 e. The topological polar surface area (TPSA) is 59.3 Å². The molecule has 1 amide bonds. The summed E-state index contributed by atoms with van der Waals surface area (Å²) in [7, 11) is 3.73. The third kappa shape index (κ3) is 3.81. The number of aromatic nitrogens is 2. The van der Waals surface area contributed by atoms with E-state index in [-0.39, 0.29) is 17.5 Å². The Balaban J connectivity index is 1.80. The Labute approximate surface area is 169 Å². The van der Waals surface area contributed by atoms with E-state index < -0.39 is 0 Å². The summed E-state index contributed by atoms with van der Waals surface area (Å²) in [5.41, 5.74) is 2.80. The maximum Gasteiger partial charge on any atom is 0.295 e. The van der Waals surface area contributed by atoms with Crippen molar-refractivity contribution in [2.24, 2.45) is 7.05 Å². The van der Waals surface area contributed by atoms with Crippen molar-refractivity contribution in [2.75, 3.05) is 12.4 Å². The molecule has 0 bridgehead atoms. The van der Waals surface area contributed by atoms with Crippen molar-refractivity contribution in [3.05, 3.63) is 68.3 Å². The second-order valence-electron chi connectivity index (χ2n) is 7.04. The maximum atomic E-state index is 13.0. The minimum absolute atomic E-state index is 0.192. The molecule has 1 unspecified atom stereocenters. The van der Waals surface area contributed by atoms with Crippen molar-refractivity contribution < 1.29 is 4.79 Å².